The molecule has 0 bridgehead atoms. The van der Waals surface area contributed by atoms with E-state index in [0.717, 1.165) is 35.1 Å². The van der Waals surface area contributed by atoms with Crippen molar-refractivity contribution >= 4 is 58.8 Å². The first-order valence-corrected chi connectivity index (χ1v) is 22.7. The Morgan fingerprint density at radius 2 is 1.53 bits per heavy atom. The number of hydrogen-bond donors (Lipinski definition) is 4. The van der Waals surface area contributed by atoms with E-state index in [-0.39, 0.29) is 55.1 Å². The average Bonchev–Trinajstić information content (AvgIpc) is 3.84. The Labute approximate surface area is 384 Å². The maximum absolute atomic E-state index is 14.0. The van der Waals surface area contributed by atoms with Crippen molar-refractivity contribution < 1.29 is 43.1 Å². The van der Waals surface area contributed by atoms with Gasteiger partial charge in [0.25, 0.3) is 5.91 Å². The molecule has 0 spiro atoms. The van der Waals surface area contributed by atoms with Gasteiger partial charge in [-0.2, -0.15) is 0 Å². The van der Waals surface area contributed by atoms with Crippen LogP contribution in [0.25, 0.3) is 11.1 Å². The van der Waals surface area contributed by atoms with Crippen LogP contribution in [0.15, 0.2) is 66.7 Å². The maximum atomic E-state index is 14.0. The Morgan fingerprint density at radius 3 is 2.20 bits per heavy atom. The zero-order chi connectivity index (χ0) is 47.1. The molecular formula is C50H57N7O9. The first-order valence-electron chi connectivity index (χ1n) is 22.7. The van der Waals surface area contributed by atoms with Crippen LogP contribution < -0.4 is 21.3 Å². The number of nitrogens with zero attached hydrogens (tertiary/aromatic N) is 3. The van der Waals surface area contributed by atoms with Gasteiger partial charge >= 0.3 is 6.09 Å². The Kier molecular flexibility index (Phi) is 14.5. The second-order valence-electron chi connectivity index (χ2n) is 18.2. The molecule has 7 rings (SSSR count). The molecule has 0 radical (unpaired) electrons. The second-order valence-corrected chi connectivity index (χ2v) is 18.2. The number of anilines is 2. The molecule has 4 N–H and O–H groups in total. The molecule has 3 aromatic carbocycles. The smallest absolute Gasteiger partial charge is 0.408 e. The van der Waals surface area contributed by atoms with Gasteiger partial charge in [0.15, 0.2) is 0 Å². The van der Waals surface area contributed by atoms with E-state index in [9.17, 15) is 38.4 Å². The van der Waals surface area contributed by atoms with Crippen molar-refractivity contribution in [3.8, 4) is 23.0 Å². The molecular weight excluding hydrogens is 843 g/mol. The number of piperidine rings is 1. The van der Waals surface area contributed by atoms with Crippen LogP contribution in [-0.2, 0) is 40.0 Å². The number of alkyl carbamates (subject to hydrolysis) is 1. The lowest BCUT2D eigenvalue weighted by atomic mass is 10.0. The van der Waals surface area contributed by atoms with Gasteiger partial charge in [-0.3, -0.25) is 38.9 Å². The number of carbonyl (C=O) groups is 8. The first kappa shape index (κ1) is 47.0. The highest BCUT2D eigenvalue weighted by Gasteiger charge is 2.46. The molecule has 0 aromatic heterocycles. The fraction of sp³-hybridized carbons (Fsp3) is 0.440. The van der Waals surface area contributed by atoms with Crippen molar-refractivity contribution in [2.45, 2.75) is 128 Å². The van der Waals surface area contributed by atoms with Gasteiger partial charge in [-0.25, -0.2) is 4.79 Å². The summed E-state index contributed by atoms with van der Waals surface area (Å²) in [5.41, 5.74) is 4.34. The predicted octanol–water partition coefficient (Wildman–Crippen LogP) is 5.50. The number of benzene rings is 3. The van der Waals surface area contributed by atoms with Gasteiger partial charge < -0.3 is 35.4 Å². The van der Waals surface area contributed by atoms with Crippen LogP contribution in [0.2, 0.25) is 0 Å². The fourth-order valence-corrected chi connectivity index (χ4v) is 8.95. The molecule has 8 amide bonds. The van der Waals surface area contributed by atoms with E-state index < -0.39 is 41.6 Å². The molecule has 3 saturated heterocycles. The lowest BCUT2D eigenvalue weighted by Crippen LogP contribution is -2.60. The quantitative estimate of drug-likeness (QED) is 0.109. The van der Waals surface area contributed by atoms with E-state index in [4.69, 9.17) is 4.74 Å². The number of nitrogens with one attached hydrogen (secondary N) is 4. The zero-order valence-electron chi connectivity index (χ0n) is 37.9. The number of unbranched alkanes of at least 4 members (excludes halogenated alkanes) is 3. The minimum atomic E-state index is -1.08. The third-order valence-corrected chi connectivity index (χ3v) is 12.3. The highest BCUT2D eigenvalue weighted by atomic mass is 16.6. The van der Waals surface area contributed by atoms with E-state index in [0.29, 0.717) is 68.4 Å². The summed E-state index contributed by atoms with van der Waals surface area (Å²) in [5, 5.41) is 10.9. The molecule has 3 aromatic rings. The lowest BCUT2D eigenvalue weighted by molar-refractivity contribution is -0.144. The number of rotatable bonds is 11. The summed E-state index contributed by atoms with van der Waals surface area (Å²) in [6, 6.07) is 17.5. The van der Waals surface area contributed by atoms with Crippen molar-refractivity contribution in [1.29, 1.82) is 0 Å². The molecule has 3 fully saturated rings. The first-order chi connectivity index (χ1) is 31.5. The molecule has 0 aliphatic carbocycles. The summed E-state index contributed by atoms with van der Waals surface area (Å²) in [7, 11) is 0. The van der Waals surface area contributed by atoms with E-state index >= 15 is 0 Å². The van der Waals surface area contributed by atoms with Crippen molar-refractivity contribution in [2.24, 2.45) is 0 Å². The molecule has 4 atom stereocenters. The third-order valence-electron chi connectivity index (χ3n) is 12.3. The number of hydrogen-bond acceptors (Lipinski definition) is 9. The Hall–Kier alpha value is -7.02. The normalized spacial score (nSPS) is 20.5. The Bertz CT molecular complexity index is 2450. The summed E-state index contributed by atoms with van der Waals surface area (Å²) in [4.78, 5) is 107. The standard InChI is InChI=1S/C50H57N7O9/c1-31(58)55-28-27-37-23-24-42(57(37)48(64)40(30-55)53-49(65)66-50(2,3)4)46(62)52-36-21-17-33(18-22-36)32-15-19-35(20-16-32)51-43(59)14-9-7-5-6-8-11-34-12-10-13-38-39(34)29-56(47(38)63)41-25-26-44(60)54-45(41)61/h10,12-13,15-22,37,40-42H,5-7,9,14,23-30H2,1-4H3,(H,51,59)(H,52,62)(H,53,65)(H,54,60,61)/t37-,40+,41?,42+/m1/s1. The lowest BCUT2D eigenvalue weighted by Gasteiger charge is -2.38. The topological polar surface area (TPSA) is 204 Å². The van der Waals surface area contributed by atoms with Crippen LogP contribution >= 0.6 is 0 Å². The Morgan fingerprint density at radius 1 is 0.833 bits per heavy atom. The van der Waals surface area contributed by atoms with Crippen LogP contribution in [0.5, 0.6) is 0 Å². The summed E-state index contributed by atoms with van der Waals surface area (Å²) in [6.45, 7) is 7.22. The highest BCUT2D eigenvalue weighted by Crippen LogP contribution is 2.32. The van der Waals surface area contributed by atoms with Gasteiger partial charge in [-0.1, -0.05) is 48.6 Å². The van der Waals surface area contributed by atoms with Crippen molar-refractivity contribution in [3.63, 3.8) is 0 Å². The van der Waals surface area contributed by atoms with Gasteiger partial charge in [0, 0.05) is 67.8 Å². The van der Waals surface area contributed by atoms with Crippen LogP contribution in [0.1, 0.15) is 113 Å². The molecule has 16 nitrogen and oxygen atoms in total. The largest absolute Gasteiger partial charge is 0.444 e. The summed E-state index contributed by atoms with van der Waals surface area (Å²) >= 11 is 0. The molecule has 4 aliphatic heterocycles. The monoisotopic (exact) mass is 899 g/mol. The van der Waals surface area contributed by atoms with Crippen LogP contribution in [-0.4, -0.2) is 105 Å². The number of amides is 8. The van der Waals surface area contributed by atoms with Crippen LogP contribution in [0, 0.1) is 11.8 Å². The third kappa shape index (κ3) is 11.4. The maximum Gasteiger partial charge on any atom is 0.408 e. The van der Waals surface area contributed by atoms with E-state index in [1.165, 1.54) is 11.8 Å². The second kappa shape index (κ2) is 20.4. The van der Waals surface area contributed by atoms with Gasteiger partial charge in [-0.05, 0) is 112 Å². The molecule has 1 unspecified atom stereocenters. The number of carbonyl (C=O) groups excluding carboxylic acids is 8. The number of ether oxygens (including phenoxy) is 1. The summed E-state index contributed by atoms with van der Waals surface area (Å²) in [5.74, 6) is 4.34. The number of fused-ring (bicyclic) bond motifs is 2. The van der Waals surface area contributed by atoms with Crippen LogP contribution in [0.4, 0.5) is 16.2 Å². The minimum Gasteiger partial charge on any atom is -0.444 e. The molecule has 346 valence electrons. The predicted molar refractivity (Wildman–Crippen MR) is 245 cm³/mol. The molecule has 0 saturated carbocycles. The Balaban J connectivity index is 0.850. The van der Waals surface area contributed by atoms with Gasteiger partial charge in [0.05, 0.1) is 6.54 Å². The van der Waals surface area contributed by atoms with Crippen LogP contribution in [0.3, 0.4) is 0 Å². The summed E-state index contributed by atoms with van der Waals surface area (Å²) in [6.07, 6.45) is 4.60. The molecule has 4 heterocycles. The van der Waals surface area contributed by atoms with Crippen molar-refractivity contribution in [3.05, 3.63) is 83.4 Å². The van der Waals surface area contributed by atoms with Gasteiger partial charge in [-0.15, -0.1) is 0 Å². The van der Waals surface area contributed by atoms with E-state index in [1.54, 1.807) is 54.8 Å². The average molecular weight is 900 g/mol. The highest BCUT2D eigenvalue weighted by molar-refractivity contribution is 6.06. The van der Waals surface area contributed by atoms with Crippen molar-refractivity contribution in [1.82, 2.24) is 25.3 Å². The molecule has 66 heavy (non-hydrogen) atoms. The number of imide groups is 1. The van der Waals surface area contributed by atoms with Gasteiger partial charge in [0.2, 0.25) is 35.4 Å². The zero-order valence-corrected chi connectivity index (χ0v) is 37.9. The van der Waals surface area contributed by atoms with Gasteiger partial charge in [0.1, 0.15) is 23.7 Å². The van der Waals surface area contributed by atoms with E-state index in [2.05, 4.69) is 33.1 Å². The van der Waals surface area contributed by atoms with E-state index in [1.807, 2.05) is 42.5 Å². The molecule has 16 heteroatoms. The minimum absolute atomic E-state index is 0.0260. The van der Waals surface area contributed by atoms with Crippen molar-refractivity contribution in [2.75, 3.05) is 23.7 Å². The fourth-order valence-electron chi connectivity index (χ4n) is 8.95. The SMILES string of the molecule is CC(=O)N1CC[C@H]2CC[C@@H](C(=O)Nc3ccc(-c4ccc(NC(=O)CCCCCC#Cc5cccc6c5CN(C5CCC(=O)NC5=O)C6=O)cc4)cc3)N2C(=O)[C@@H](NC(=O)OC(C)(C)C)C1. The molecule has 4 aliphatic rings. The summed E-state index contributed by atoms with van der Waals surface area (Å²) < 4.78 is 5.40.